The monoisotopic (exact) mass is 584 g/mol. The molecule has 3 heterocycles. The van der Waals surface area contributed by atoms with Crippen molar-refractivity contribution in [3.05, 3.63) is 66.8 Å². The number of amides is 1. The molecule has 39 heavy (non-hydrogen) atoms. The van der Waals surface area contributed by atoms with Crippen LogP contribution in [0.3, 0.4) is 0 Å². The number of benzene rings is 1. The quantitative estimate of drug-likeness (QED) is 0.258. The van der Waals surface area contributed by atoms with Gasteiger partial charge in [0, 0.05) is 30.2 Å². The van der Waals surface area contributed by atoms with Gasteiger partial charge in [-0.15, -0.1) is 0 Å². The number of aromatic nitrogens is 1. The van der Waals surface area contributed by atoms with E-state index in [-0.39, 0.29) is 29.9 Å². The van der Waals surface area contributed by atoms with Gasteiger partial charge < -0.3 is 9.64 Å². The Balaban J connectivity index is 1.80. The minimum atomic E-state index is -0.394. The molecule has 0 bridgehead atoms. The molecule has 1 amide bonds. The third-order valence-corrected chi connectivity index (χ3v) is 8.69. The highest BCUT2D eigenvalue weighted by Gasteiger charge is 2.35. The number of pyridine rings is 1. The number of hydrogen-bond donors (Lipinski definition) is 0. The van der Waals surface area contributed by atoms with Gasteiger partial charge in [0.15, 0.2) is 0 Å². The number of ether oxygens (including phenoxy) is 1. The molecule has 1 aromatic carbocycles. The molecule has 0 N–H and O–H groups in total. The number of piperidine rings is 1. The number of carbonyl (C=O) groups is 2. The average molecular weight is 585 g/mol. The van der Waals surface area contributed by atoms with E-state index in [0.717, 1.165) is 12.0 Å². The fourth-order valence-electron chi connectivity index (χ4n) is 4.96. The van der Waals surface area contributed by atoms with Crippen molar-refractivity contribution in [1.82, 2.24) is 9.47 Å². The maximum atomic E-state index is 13.5. The molecular formula is C28H29ClN4O4S2. The third-order valence-electron chi connectivity index (χ3n) is 6.94. The van der Waals surface area contributed by atoms with Gasteiger partial charge in [0.25, 0.3) is 11.5 Å². The minimum Gasteiger partial charge on any atom is -0.466 e. The zero-order valence-corrected chi connectivity index (χ0v) is 24.4. The zero-order chi connectivity index (χ0) is 28.3. The Bertz CT molecular complexity index is 1460. The highest BCUT2D eigenvalue weighted by atomic mass is 35.5. The fraction of sp³-hybridized carbons (Fsp3) is 0.393. The van der Waals surface area contributed by atoms with Gasteiger partial charge in [-0.3, -0.25) is 23.9 Å². The summed E-state index contributed by atoms with van der Waals surface area (Å²) in [6, 6.07) is 9.33. The van der Waals surface area contributed by atoms with Crippen LogP contribution in [0.5, 0.6) is 0 Å². The summed E-state index contributed by atoms with van der Waals surface area (Å²) in [5, 5.41) is 10.4. The summed E-state index contributed by atoms with van der Waals surface area (Å²) < 4.78 is 7.22. The van der Waals surface area contributed by atoms with E-state index in [9.17, 15) is 19.6 Å². The van der Waals surface area contributed by atoms with Gasteiger partial charge >= 0.3 is 5.97 Å². The lowest BCUT2D eigenvalue weighted by Gasteiger charge is -2.36. The van der Waals surface area contributed by atoms with E-state index in [0.29, 0.717) is 63.9 Å². The number of esters is 1. The number of carbonyl (C=O) groups excluding carboxylic acids is 2. The molecule has 204 valence electrons. The molecule has 1 unspecified atom stereocenters. The van der Waals surface area contributed by atoms with Crippen molar-refractivity contribution < 1.29 is 14.3 Å². The van der Waals surface area contributed by atoms with E-state index >= 15 is 0 Å². The smallest absolute Gasteiger partial charge is 0.310 e. The number of anilines is 1. The topological polar surface area (TPSA) is 95.6 Å². The summed E-state index contributed by atoms with van der Waals surface area (Å²) in [5.74, 6) is -0.285. The van der Waals surface area contributed by atoms with Crippen LogP contribution in [0.25, 0.3) is 6.08 Å². The number of nitrogens with zero attached hydrogens (tertiary/aromatic N) is 4. The highest BCUT2D eigenvalue weighted by molar-refractivity contribution is 8.26. The lowest BCUT2D eigenvalue weighted by Crippen LogP contribution is -2.43. The molecule has 2 aliphatic rings. The maximum absolute atomic E-state index is 13.5. The van der Waals surface area contributed by atoms with E-state index in [2.05, 4.69) is 0 Å². The summed E-state index contributed by atoms with van der Waals surface area (Å²) >= 11 is 13.0. The Kier molecular flexibility index (Phi) is 9.15. The van der Waals surface area contributed by atoms with Crippen LogP contribution in [-0.2, 0) is 27.4 Å². The number of nitriles is 1. The summed E-state index contributed by atoms with van der Waals surface area (Å²) in [7, 11) is 0. The van der Waals surface area contributed by atoms with Crippen molar-refractivity contribution in [2.24, 2.45) is 5.92 Å². The van der Waals surface area contributed by atoms with Gasteiger partial charge in [0.05, 0.1) is 24.0 Å². The molecule has 1 aromatic heterocycles. The highest BCUT2D eigenvalue weighted by Crippen LogP contribution is 2.38. The number of thioether (sulfide) groups is 1. The summed E-state index contributed by atoms with van der Waals surface area (Å²) in [4.78, 5) is 43.3. The Morgan fingerprint density at radius 1 is 1.31 bits per heavy atom. The second kappa shape index (κ2) is 12.4. The standard InChI is InChI=1S/C28H29ClN4O4S2/c1-4-32-24(31-12-8-10-19(15-31)27(36)37-5-2)20(17(3)21(14-30)25(32)34)13-23-26(35)33(28(38)39-23)16-18-9-6-7-11-22(18)29/h6-7,9,11,13,19H,4-5,8,10,12,15-16H2,1-3H3. The van der Waals surface area contributed by atoms with E-state index in [1.807, 2.05) is 36.1 Å². The molecule has 2 aromatic rings. The SMILES string of the molecule is CCOC(=O)C1CCCN(c2c(C=C3SC(=S)N(Cc4ccccc4Cl)C3=O)c(C)c(C#N)c(=O)n2CC)C1. The third kappa shape index (κ3) is 5.76. The Labute approximate surface area is 242 Å². The van der Waals surface area contributed by atoms with Gasteiger partial charge in [-0.25, -0.2) is 0 Å². The van der Waals surface area contributed by atoms with E-state index in [4.69, 9.17) is 28.6 Å². The molecule has 11 heteroatoms. The molecule has 4 rings (SSSR count). The minimum absolute atomic E-state index is 0.0253. The summed E-state index contributed by atoms with van der Waals surface area (Å²) in [5.41, 5.74) is 1.48. The first-order valence-electron chi connectivity index (χ1n) is 12.8. The van der Waals surface area contributed by atoms with Crippen LogP contribution < -0.4 is 10.5 Å². The van der Waals surface area contributed by atoms with Gasteiger partial charge in [0.2, 0.25) is 0 Å². The Morgan fingerprint density at radius 2 is 2.05 bits per heavy atom. The first-order chi connectivity index (χ1) is 18.7. The van der Waals surface area contributed by atoms with Crippen molar-refractivity contribution >= 4 is 63.7 Å². The van der Waals surface area contributed by atoms with E-state index < -0.39 is 5.56 Å². The van der Waals surface area contributed by atoms with Crippen LogP contribution in [0.1, 0.15) is 48.9 Å². The van der Waals surface area contributed by atoms with Crippen molar-refractivity contribution in [2.45, 2.75) is 46.7 Å². The number of halogens is 1. The molecule has 2 saturated heterocycles. The number of thiocarbonyl (C=S) groups is 1. The Morgan fingerprint density at radius 3 is 2.72 bits per heavy atom. The first kappa shape index (κ1) is 28.9. The first-order valence-corrected chi connectivity index (χ1v) is 14.4. The van der Waals surface area contributed by atoms with E-state index in [1.54, 1.807) is 30.6 Å². The molecular weight excluding hydrogens is 556 g/mol. The fourth-order valence-corrected chi connectivity index (χ4v) is 6.40. The van der Waals surface area contributed by atoms with Crippen molar-refractivity contribution in [1.29, 1.82) is 5.26 Å². The second-order valence-corrected chi connectivity index (χ2v) is 11.4. The lowest BCUT2D eigenvalue weighted by molar-refractivity contribution is -0.148. The van der Waals surface area contributed by atoms with Crippen LogP contribution in [-0.4, -0.2) is 45.4 Å². The normalized spacial score (nSPS) is 18.5. The van der Waals surface area contributed by atoms with Gasteiger partial charge in [-0.2, -0.15) is 5.26 Å². The average Bonchev–Trinajstić information content (AvgIpc) is 3.19. The van der Waals surface area contributed by atoms with E-state index in [1.165, 1.54) is 16.7 Å². The molecule has 0 aliphatic carbocycles. The molecule has 2 fully saturated rings. The predicted octanol–water partition coefficient (Wildman–Crippen LogP) is 4.88. The van der Waals surface area contributed by atoms with Gasteiger partial charge in [-0.1, -0.05) is 53.8 Å². The zero-order valence-electron chi connectivity index (χ0n) is 22.0. The van der Waals surface area contributed by atoms with Crippen molar-refractivity contribution in [2.75, 3.05) is 24.6 Å². The van der Waals surface area contributed by atoms with Crippen LogP contribution in [0.2, 0.25) is 5.02 Å². The van der Waals surface area contributed by atoms with Gasteiger partial charge in [-0.05, 0) is 56.9 Å². The van der Waals surface area contributed by atoms with Crippen LogP contribution in [0.4, 0.5) is 5.82 Å². The van der Waals surface area contributed by atoms with Gasteiger partial charge in [0.1, 0.15) is 21.8 Å². The largest absolute Gasteiger partial charge is 0.466 e. The molecule has 1 atom stereocenters. The van der Waals surface area contributed by atoms with Crippen molar-refractivity contribution in [3.63, 3.8) is 0 Å². The van der Waals surface area contributed by atoms with Crippen LogP contribution in [0.15, 0.2) is 34.0 Å². The summed E-state index contributed by atoms with van der Waals surface area (Å²) in [6.07, 6.45) is 3.15. The molecule has 0 saturated carbocycles. The summed E-state index contributed by atoms with van der Waals surface area (Å²) in [6.45, 7) is 7.17. The number of hydrogen-bond acceptors (Lipinski definition) is 8. The molecule has 8 nitrogen and oxygen atoms in total. The van der Waals surface area contributed by atoms with Crippen LogP contribution >= 0.6 is 35.6 Å². The van der Waals surface area contributed by atoms with Crippen molar-refractivity contribution in [3.8, 4) is 6.07 Å². The molecule has 0 radical (unpaired) electrons. The van der Waals surface area contributed by atoms with Crippen LogP contribution in [0, 0.1) is 24.2 Å². The second-order valence-electron chi connectivity index (χ2n) is 9.29. The Hall–Kier alpha value is -3.13. The lowest BCUT2D eigenvalue weighted by atomic mass is 9.96. The number of rotatable bonds is 7. The molecule has 0 spiro atoms. The maximum Gasteiger partial charge on any atom is 0.310 e. The predicted molar refractivity (Wildman–Crippen MR) is 158 cm³/mol. The molecule has 2 aliphatic heterocycles.